The molecule has 1 fully saturated rings. The standard InChI is InChI=1S/C16H14N6O2/c17-6-9-3-11(4-9)20-16(24)22-8-10(7-19-22)12-1-2-18-15-13(12)5-14(23)21-15/h1-2,7-9,11H,3-5H2,(H,20,24)(H,18,21,23). The van der Waals surface area contributed by atoms with Gasteiger partial charge in [-0.2, -0.15) is 15.0 Å². The fraction of sp³-hybridized carbons (Fsp3) is 0.312. The van der Waals surface area contributed by atoms with Gasteiger partial charge in [-0.1, -0.05) is 0 Å². The highest BCUT2D eigenvalue weighted by atomic mass is 16.2. The second kappa shape index (κ2) is 5.45. The first-order chi connectivity index (χ1) is 11.6. The largest absolute Gasteiger partial charge is 0.342 e. The molecule has 8 heteroatoms. The Hall–Kier alpha value is -3.21. The maximum absolute atomic E-state index is 12.2. The lowest BCUT2D eigenvalue weighted by molar-refractivity contribution is -0.115. The van der Waals surface area contributed by atoms with E-state index >= 15 is 0 Å². The summed E-state index contributed by atoms with van der Waals surface area (Å²) in [5.41, 5.74) is 2.41. The number of fused-ring (bicyclic) bond motifs is 1. The molecule has 2 aromatic rings. The van der Waals surface area contributed by atoms with Crippen LogP contribution in [-0.4, -0.2) is 32.7 Å². The Kier molecular flexibility index (Phi) is 3.27. The average molecular weight is 322 g/mol. The maximum Gasteiger partial charge on any atom is 0.342 e. The van der Waals surface area contributed by atoms with E-state index in [4.69, 9.17) is 5.26 Å². The van der Waals surface area contributed by atoms with Gasteiger partial charge >= 0.3 is 6.03 Å². The predicted octanol–water partition coefficient (Wildman–Crippen LogP) is 1.30. The number of nitriles is 1. The number of carbonyl (C=O) groups is 2. The highest BCUT2D eigenvalue weighted by molar-refractivity contribution is 6.00. The Labute approximate surface area is 137 Å². The number of carbonyl (C=O) groups excluding carboxylic acids is 2. The molecule has 1 saturated carbocycles. The zero-order valence-corrected chi connectivity index (χ0v) is 12.7. The summed E-state index contributed by atoms with van der Waals surface area (Å²) in [7, 11) is 0. The van der Waals surface area contributed by atoms with Crippen LogP contribution in [0.4, 0.5) is 10.6 Å². The topological polar surface area (TPSA) is 113 Å². The first-order valence-corrected chi connectivity index (χ1v) is 7.67. The van der Waals surface area contributed by atoms with E-state index < -0.39 is 0 Å². The molecule has 0 bridgehead atoms. The Bertz CT molecular complexity index is 875. The van der Waals surface area contributed by atoms with Gasteiger partial charge in [0.25, 0.3) is 0 Å². The van der Waals surface area contributed by atoms with Crippen LogP contribution >= 0.6 is 0 Å². The normalized spacial score (nSPS) is 21.4. The molecular weight excluding hydrogens is 308 g/mol. The molecule has 0 aromatic carbocycles. The smallest absolute Gasteiger partial charge is 0.333 e. The van der Waals surface area contributed by atoms with E-state index in [9.17, 15) is 9.59 Å². The van der Waals surface area contributed by atoms with Crippen molar-refractivity contribution in [1.29, 1.82) is 5.26 Å². The minimum absolute atomic E-state index is 0.0294. The van der Waals surface area contributed by atoms with Crippen LogP contribution in [0.1, 0.15) is 18.4 Å². The van der Waals surface area contributed by atoms with Crippen molar-refractivity contribution in [3.8, 4) is 17.2 Å². The highest BCUT2D eigenvalue weighted by Crippen LogP contribution is 2.31. The third-order valence-corrected chi connectivity index (χ3v) is 4.40. The lowest BCUT2D eigenvalue weighted by Crippen LogP contribution is -2.45. The first-order valence-electron chi connectivity index (χ1n) is 7.67. The molecule has 0 spiro atoms. The van der Waals surface area contributed by atoms with Crippen molar-refractivity contribution in [2.45, 2.75) is 25.3 Å². The van der Waals surface area contributed by atoms with Crippen LogP contribution in [-0.2, 0) is 11.2 Å². The van der Waals surface area contributed by atoms with Gasteiger partial charge in [0, 0.05) is 29.6 Å². The van der Waals surface area contributed by atoms with E-state index in [1.807, 2.05) is 6.07 Å². The third kappa shape index (κ3) is 2.40. The molecule has 0 atom stereocenters. The summed E-state index contributed by atoms with van der Waals surface area (Å²) in [6.45, 7) is 0. The number of hydrogen-bond donors (Lipinski definition) is 2. The van der Waals surface area contributed by atoms with Crippen molar-refractivity contribution < 1.29 is 9.59 Å². The number of nitrogens with one attached hydrogen (secondary N) is 2. The van der Waals surface area contributed by atoms with Crippen molar-refractivity contribution in [2.75, 3.05) is 5.32 Å². The first kappa shape index (κ1) is 14.4. The molecule has 0 unspecified atom stereocenters. The lowest BCUT2D eigenvalue weighted by atomic mass is 9.81. The summed E-state index contributed by atoms with van der Waals surface area (Å²) < 4.78 is 1.24. The van der Waals surface area contributed by atoms with Crippen LogP contribution in [0.3, 0.4) is 0 Å². The van der Waals surface area contributed by atoms with Crippen LogP contribution in [0, 0.1) is 17.2 Å². The number of amides is 2. The molecule has 3 heterocycles. The van der Waals surface area contributed by atoms with Gasteiger partial charge in [0.05, 0.1) is 24.6 Å². The summed E-state index contributed by atoms with van der Waals surface area (Å²) in [6, 6.07) is 3.70. The summed E-state index contributed by atoms with van der Waals surface area (Å²) in [5.74, 6) is 0.506. The van der Waals surface area contributed by atoms with Gasteiger partial charge in [-0.3, -0.25) is 4.79 Å². The molecule has 1 aliphatic heterocycles. The van der Waals surface area contributed by atoms with Gasteiger partial charge in [-0.15, -0.1) is 0 Å². The van der Waals surface area contributed by atoms with Crippen LogP contribution in [0.5, 0.6) is 0 Å². The minimum atomic E-state index is -0.317. The van der Waals surface area contributed by atoms with E-state index in [2.05, 4.69) is 26.8 Å². The maximum atomic E-state index is 12.2. The molecular formula is C16H14N6O2. The number of anilines is 1. The van der Waals surface area contributed by atoms with E-state index in [0.29, 0.717) is 18.7 Å². The number of hydrogen-bond acceptors (Lipinski definition) is 5. The average Bonchev–Trinajstić information content (AvgIpc) is 3.15. The van der Waals surface area contributed by atoms with E-state index in [1.165, 1.54) is 4.68 Å². The molecule has 8 nitrogen and oxygen atoms in total. The molecule has 4 rings (SSSR count). The summed E-state index contributed by atoms with van der Waals surface area (Å²) in [4.78, 5) is 27.9. The zero-order chi connectivity index (χ0) is 16.7. The van der Waals surface area contributed by atoms with E-state index in [1.54, 1.807) is 18.6 Å². The number of pyridine rings is 1. The SMILES string of the molecule is N#CC1CC(NC(=O)n2cc(-c3ccnc4c3CC(=O)N4)cn2)C1. The van der Waals surface area contributed by atoms with Crippen LogP contribution in [0.2, 0.25) is 0 Å². The Balaban J connectivity index is 1.52. The van der Waals surface area contributed by atoms with Crippen molar-refractivity contribution >= 4 is 17.8 Å². The molecule has 0 radical (unpaired) electrons. The molecule has 2 N–H and O–H groups in total. The van der Waals surface area contributed by atoms with Crippen molar-refractivity contribution in [2.24, 2.45) is 5.92 Å². The summed E-state index contributed by atoms with van der Waals surface area (Å²) in [6.07, 6.45) is 6.48. The van der Waals surface area contributed by atoms with Gasteiger partial charge in [0.15, 0.2) is 0 Å². The molecule has 24 heavy (non-hydrogen) atoms. The van der Waals surface area contributed by atoms with Crippen LogP contribution in [0.15, 0.2) is 24.7 Å². The van der Waals surface area contributed by atoms with Crippen molar-refractivity contribution in [3.05, 3.63) is 30.2 Å². The van der Waals surface area contributed by atoms with E-state index in [0.717, 1.165) is 16.7 Å². The Morgan fingerprint density at radius 1 is 1.46 bits per heavy atom. The number of rotatable bonds is 2. The molecule has 0 saturated heterocycles. The summed E-state index contributed by atoms with van der Waals surface area (Å²) >= 11 is 0. The predicted molar refractivity (Wildman–Crippen MR) is 83.8 cm³/mol. The third-order valence-electron chi connectivity index (χ3n) is 4.40. The monoisotopic (exact) mass is 322 g/mol. The quantitative estimate of drug-likeness (QED) is 0.865. The molecule has 120 valence electrons. The molecule has 2 amide bonds. The van der Waals surface area contributed by atoms with Crippen molar-refractivity contribution in [1.82, 2.24) is 20.1 Å². The van der Waals surface area contributed by atoms with Gasteiger partial charge in [0.1, 0.15) is 5.82 Å². The fourth-order valence-electron chi connectivity index (χ4n) is 3.04. The van der Waals surface area contributed by atoms with Gasteiger partial charge in [-0.05, 0) is 24.5 Å². The zero-order valence-electron chi connectivity index (χ0n) is 12.7. The summed E-state index contributed by atoms with van der Waals surface area (Å²) in [5, 5.41) is 18.4. The highest BCUT2D eigenvalue weighted by Gasteiger charge is 2.30. The second-order valence-electron chi connectivity index (χ2n) is 6.03. The van der Waals surface area contributed by atoms with Gasteiger partial charge in [-0.25, -0.2) is 9.78 Å². The number of aromatic nitrogens is 3. The fourth-order valence-corrected chi connectivity index (χ4v) is 3.04. The van der Waals surface area contributed by atoms with Gasteiger partial charge in [0.2, 0.25) is 5.91 Å². The second-order valence-corrected chi connectivity index (χ2v) is 6.03. The molecule has 2 aromatic heterocycles. The Morgan fingerprint density at radius 2 is 2.29 bits per heavy atom. The minimum Gasteiger partial charge on any atom is -0.333 e. The molecule has 2 aliphatic rings. The van der Waals surface area contributed by atoms with Crippen LogP contribution in [0.25, 0.3) is 11.1 Å². The Morgan fingerprint density at radius 3 is 3.08 bits per heavy atom. The van der Waals surface area contributed by atoms with Crippen molar-refractivity contribution in [3.63, 3.8) is 0 Å². The van der Waals surface area contributed by atoms with Gasteiger partial charge < -0.3 is 10.6 Å². The van der Waals surface area contributed by atoms with E-state index in [-0.39, 0.29) is 30.3 Å². The molecule has 1 aliphatic carbocycles. The lowest BCUT2D eigenvalue weighted by Gasteiger charge is -2.30. The number of nitrogens with zero attached hydrogens (tertiary/aromatic N) is 4. The van der Waals surface area contributed by atoms with Crippen LogP contribution < -0.4 is 10.6 Å².